The molecule has 1 rings (SSSR count). The molecular formula is C7H14N2O. The number of amides is 1. The summed E-state index contributed by atoms with van der Waals surface area (Å²) >= 11 is 0. The molecule has 1 saturated carbocycles. The molecule has 0 bridgehead atoms. The van der Waals surface area contributed by atoms with Gasteiger partial charge in [0.1, 0.15) is 0 Å². The Balaban J connectivity index is 2.18. The number of carbonyl (C=O) groups excluding carboxylic acids is 1. The van der Waals surface area contributed by atoms with E-state index >= 15 is 0 Å². The zero-order valence-electron chi connectivity index (χ0n) is 6.26. The first kappa shape index (κ1) is 7.54. The summed E-state index contributed by atoms with van der Waals surface area (Å²) in [5.74, 6) is 0.0746. The van der Waals surface area contributed by atoms with Crippen LogP contribution in [0.5, 0.6) is 0 Å². The van der Waals surface area contributed by atoms with Crippen molar-refractivity contribution in [1.29, 1.82) is 0 Å². The van der Waals surface area contributed by atoms with Crippen LogP contribution in [0.2, 0.25) is 0 Å². The van der Waals surface area contributed by atoms with Crippen molar-refractivity contribution in [3.8, 4) is 0 Å². The maximum Gasteiger partial charge on any atom is 0.224 e. The number of nitrogens with one attached hydrogen (secondary N) is 1. The van der Waals surface area contributed by atoms with Gasteiger partial charge in [-0.05, 0) is 12.8 Å². The minimum absolute atomic E-state index is 0.0272. The van der Waals surface area contributed by atoms with E-state index < -0.39 is 0 Å². The third-order valence-electron chi connectivity index (χ3n) is 1.72. The second-order valence-electron chi connectivity index (χ2n) is 2.92. The highest BCUT2D eigenvalue weighted by atomic mass is 16.2. The van der Waals surface area contributed by atoms with Crippen LogP contribution < -0.4 is 11.1 Å². The molecule has 0 aromatic rings. The molecule has 0 saturated heterocycles. The molecule has 3 nitrogen and oxygen atoms in total. The van der Waals surface area contributed by atoms with Crippen LogP contribution in [0, 0.1) is 5.92 Å². The lowest BCUT2D eigenvalue weighted by Crippen LogP contribution is -2.34. The van der Waals surface area contributed by atoms with E-state index in [4.69, 9.17) is 5.73 Å². The number of hydrogen-bond donors (Lipinski definition) is 2. The van der Waals surface area contributed by atoms with Crippen molar-refractivity contribution in [3.63, 3.8) is 0 Å². The molecule has 10 heavy (non-hydrogen) atoms. The van der Waals surface area contributed by atoms with E-state index in [1.165, 1.54) is 0 Å². The molecular weight excluding hydrogens is 128 g/mol. The summed E-state index contributed by atoms with van der Waals surface area (Å²) in [6.45, 7) is 2.29. The van der Waals surface area contributed by atoms with Gasteiger partial charge in [-0.1, -0.05) is 6.92 Å². The van der Waals surface area contributed by atoms with Gasteiger partial charge in [-0.25, -0.2) is 0 Å². The average Bonchev–Trinajstić information content (AvgIpc) is 2.70. The van der Waals surface area contributed by atoms with Crippen molar-refractivity contribution >= 4 is 5.91 Å². The lowest BCUT2D eigenvalue weighted by atomic mass is 10.2. The minimum Gasteiger partial charge on any atom is -0.353 e. The lowest BCUT2D eigenvalue weighted by Gasteiger charge is -2.07. The van der Waals surface area contributed by atoms with E-state index in [0.29, 0.717) is 12.6 Å². The monoisotopic (exact) mass is 142 g/mol. The van der Waals surface area contributed by atoms with Gasteiger partial charge in [-0.3, -0.25) is 4.79 Å². The molecule has 58 valence electrons. The smallest absolute Gasteiger partial charge is 0.224 e. The van der Waals surface area contributed by atoms with E-state index in [9.17, 15) is 4.79 Å². The maximum atomic E-state index is 11.0. The molecule has 0 aromatic carbocycles. The first-order valence-corrected chi connectivity index (χ1v) is 3.74. The molecule has 0 aromatic heterocycles. The van der Waals surface area contributed by atoms with Crippen LogP contribution in [-0.2, 0) is 4.79 Å². The summed E-state index contributed by atoms with van der Waals surface area (Å²) in [5, 5.41) is 2.89. The molecule has 0 heterocycles. The molecule has 1 fully saturated rings. The third kappa shape index (κ3) is 1.99. The van der Waals surface area contributed by atoms with Crippen LogP contribution in [0.15, 0.2) is 0 Å². The fraction of sp³-hybridized carbons (Fsp3) is 0.857. The molecule has 0 aliphatic heterocycles. The molecule has 1 unspecified atom stereocenters. The summed E-state index contributed by atoms with van der Waals surface area (Å²) in [4.78, 5) is 11.0. The van der Waals surface area contributed by atoms with Gasteiger partial charge in [0.2, 0.25) is 5.91 Å². The molecule has 1 aliphatic rings. The zero-order valence-corrected chi connectivity index (χ0v) is 6.26. The van der Waals surface area contributed by atoms with Gasteiger partial charge in [0, 0.05) is 18.5 Å². The lowest BCUT2D eigenvalue weighted by molar-refractivity contribution is -0.124. The number of carbonyl (C=O) groups is 1. The highest BCUT2D eigenvalue weighted by Gasteiger charge is 2.24. The Hall–Kier alpha value is -0.570. The van der Waals surface area contributed by atoms with Crippen LogP contribution in [0.3, 0.4) is 0 Å². The normalized spacial score (nSPS) is 20.2. The summed E-state index contributed by atoms with van der Waals surface area (Å²) in [6, 6.07) is 0.460. The van der Waals surface area contributed by atoms with Crippen molar-refractivity contribution < 1.29 is 4.79 Å². The molecule has 3 N–H and O–H groups in total. The Morgan fingerprint density at radius 2 is 2.40 bits per heavy atom. The van der Waals surface area contributed by atoms with Gasteiger partial charge < -0.3 is 11.1 Å². The maximum absolute atomic E-state index is 11.0. The summed E-state index contributed by atoms with van der Waals surface area (Å²) in [6.07, 6.45) is 2.28. The van der Waals surface area contributed by atoms with Crippen molar-refractivity contribution in [2.75, 3.05) is 6.54 Å². The van der Waals surface area contributed by atoms with Crippen molar-refractivity contribution in [1.82, 2.24) is 5.32 Å². The molecule has 1 atom stereocenters. The van der Waals surface area contributed by atoms with Crippen molar-refractivity contribution in [3.05, 3.63) is 0 Å². The summed E-state index contributed by atoms with van der Waals surface area (Å²) < 4.78 is 0. The van der Waals surface area contributed by atoms with Gasteiger partial charge in [0.25, 0.3) is 0 Å². The van der Waals surface area contributed by atoms with Crippen LogP contribution in [0.25, 0.3) is 0 Å². The topological polar surface area (TPSA) is 55.1 Å². The SMILES string of the molecule is CC(CN)C(=O)NC1CC1. The van der Waals surface area contributed by atoms with E-state index in [1.807, 2.05) is 6.92 Å². The van der Waals surface area contributed by atoms with Crippen LogP contribution in [0.4, 0.5) is 0 Å². The standard InChI is InChI=1S/C7H14N2O/c1-5(4-8)7(10)9-6-2-3-6/h5-6H,2-4,8H2,1H3,(H,9,10). The number of nitrogens with two attached hydrogens (primary N) is 1. The van der Waals surface area contributed by atoms with Crippen LogP contribution in [0.1, 0.15) is 19.8 Å². The quantitative estimate of drug-likeness (QED) is 0.576. The Labute approximate surface area is 61.0 Å². The molecule has 1 amide bonds. The fourth-order valence-electron chi connectivity index (χ4n) is 0.678. The second kappa shape index (κ2) is 3.01. The molecule has 3 heteroatoms. The second-order valence-corrected chi connectivity index (χ2v) is 2.92. The number of hydrogen-bond acceptors (Lipinski definition) is 2. The summed E-state index contributed by atoms with van der Waals surface area (Å²) in [7, 11) is 0. The Morgan fingerprint density at radius 1 is 1.80 bits per heavy atom. The summed E-state index contributed by atoms with van der Waals surface area (Å²) in [5.41, 5.74) is 5.31. The largest absolute Gasteiger partial charge is 0.353 e. The van der Waals surface area contributed by atoms with Gasteiger partial charge in [0.15, 0.2) is 0 Å². The average molecular weight is 142 g/mol. The molecule has 1 aliphatic carbocycles. The van der Waals surface area contributed by atoms with Crippen LogP contribution >= 0.6 is 0 Å². The highest BCUT2D eigenvalue weighted by molar-refractivity contribution is 5.79. The van der Waals surface area contributed by atoms with Gasteiger partial charge in [0.05, 0.1) is 0 Å². The third-order valence-corrected chi connectivity index (χ3v) is 1.72. The predicted molar refractivity (Wildman–Crippen MR) is 39.4 cm³/mol. The minimum atomic E-state index is -0.0272. The fourth-order valence-corrected chi connectivity index (χ4v) is 0.678. The van der Waals surface area contributed by atoms with E-state index in [0.717, 1.165) is 12.8 Å². The molecule has 0 radical (unpaired) electrons. The predicted octanol–water partition coefficient (Wildman–Crippen LogP) is -0.140. The van der Waals surface area contributed by atoms with Gasteiger partial charge in [-0.2, -0.15) is 0 Å². The highest BCUT2D eigenvalue weighted by Crippen LogP contribution is 2.18. The Morgan fingerprint density at radius 3 is 2.80 bits per heavy atom. The Bertz CT molecular complexity index is 132. The molecule has 0 spiro atoms. The van der Waals surface area contributed by atoms with Gasteiger partial charge >= 0.3 is 0 Å². The van der Waals surface area contributed by atoms with Gasteiger partial charge in [-0.15, -0.1) is 0 Å². The number of rotatable bonds is 3. The first-order chi connectivity index (χ1) is 4.74. The first-order valence-electron chi connectivity index (χ1n) is 3.74. The van der Waals surface area contributed by atoms with Crippen molar-refractivity contribution in [2.45, 2.75) is 25.8 Å². The van der Waals surface area contributed by atoms with E-state index in [1.54, 1.807) is 0 Å². The zero-order chi connectivity index (χ0) is 7.56. The Kier molecular flexibility index (Phi) is 2.27. The van der Waals surface area contributed by atoms with Crippen molar-refractivity contribution in [2.24, 2.45) is 11.7 Å². The van der Waals surface area contributed by atoms with E-state index in [-0.39, 0.29) is 11.8 Å². The van der Waals surface area contributed by atoms with E-state index in [2.05, 4.69) is 5.32 Å². The van der Waals surface area contributed by atoms with Crippen LogP contribution in [-0.4, -0.2) is 18.5 Å².